The minimum absolute atomic E-state index is 0.265. The zero-order valence-corrected chi connectivity index (χ0v) is 11.6. The molecule has 0 heterocycles. The molecule has 0 saturated carbocycles. The van der Waals surface area contributed by atoms with Crippen LogP contribution in [0.3, 0.4) is 0 Å². The van der Waals surface area contributed by atoms with Crippen LogP contribution in [-0.4, -0.2) is 0 Å². The third-order valence-corrected chi connectivity index (χ3v) is 4.45. The zero-order chi connectivity index (χ0) is 12.4. The molecule has 1 nitrogen and oxygen atoms in total. The second-order valence-corrected chi connectivity index (χ2v) is 5.61. The van der Waals surface area contributed by atoms with Crippen LogP contribution in [0.5, 0.6) is 0 Å². The Morgan fingerprint density at radius 3 is 2.59 bits per heavy atom. The highest BCUT2D eigenvalue weighted by Gasteiger charge is 2.08. The third-order valence-electron chi connectivity index (χ3n) is 2.35. The molecule has 0 fully saturated rings. The van der Waals surface area contributed by atoms with Gasteiger partial charge in [0.2, 0.25) is 0 Å². The van der Waals surface area contributed by atoms with Gasteiger partial charge in [-0.25, -0.2) is 4.39 Å². The van der Waals surface area contributed by atoms with E-state index in [4.69, 9.17) is 5.73 Å². The molecule has 0 bridgehead atoms. The number of hydrogen-bond acceptors (Lipinski definition) is 2. The monoisotopic (exact) mass is 311 g/mol. The second-order valence-electron chi connectivity index (χ2n) is 3.67. The van der Waals surface area contributed by atoms with Crippen molar-refractivity contribution < 1.29 is 4.39 Å². The summed E-state index contributed by atoms with van der Waals surface area (Å²) in [6, 6.07) is 11.0. The summed E-state index contributed by atoms with van der Waals surface area (Å²) in [6.07, 6.45) is 0. The van der Waals surface area contributed by atoms with E-state index in [0.29, 0.717) is 11.3 Å². The molecule has 0 atom stereocenters. The summed E-state index contributed by atoms with van der Waals surface area (Å²) in [5.74, 6) is -0.265. The Bertz CT molecular complexity index is 557. The maximum absolute atomic E-state index is 13.3. The Morgan fingerprint density at radius 2 is 1.88 bits per heavy atom. The molecule has 0 aliphatic rings. The molecule has 2 N–H and O–H groups in total. The van der Waals surface area contributed by atoms with Gasteiger partial charge in [0, 0.05) is 20.0 Å². The molecule has 2 aromatic rings. The first-order valence-electron chi connectivity index (χ1n) is 5.06. The molecule has 0 aliphatic heterocycles. The van der Waals surface area contributed by atoms with Crippen LogP contribution in [0.2, 0.25) is 0 Å². The predicted octanol–water partition coefficient (Wildman–Crippen LogP) is 4.63. The van der Waals surface area contributed by atoms with Gasteiger partial charge in [-0.3, -0.25) is 0 Å². The fraction of sp³-hybridized carbons (Fsp3) is 0.0769. The lowest BCUT2D eigenvalue weighted by molar-refractivity contribution is 0.618. The first kappa shape index (κ1) is 12.5. The number of nitrogens with two attached hydrogens (primary N) is 1. The van der Waals surface area contributed by atoms with Gasteiger partial charge in [-0.05, 0) is 52.7 Å². The standard InChI is InChI=1S/C13H11BrFNS/c1-8-6-13(11(16)7-10(8)15)17-12-5-3-2-4-9(12)14/h2-7H,16H2,1H3. The molecule has 88 valence electrons. The van der Waals surface area contributed by atoms with Crippen LogP contribution in [0.1, 0.15) is 5.56 Å². The van der Waals surface area contributed by atoms with Crippen molar-refractivity contribution in [2.45, 2.75) is 16.7 Å². The lowest BCUT2D eigenvalue weighted by Gasteiger charge is -2.08. The highest BCUT2D eigenvalue weighted by molar-refractivity contribution is 9.10. The van der Waals surface area contributed by atoms with E-state index in [-0.39, 0.29) is 5.82 Å². The van der Waals surface area contributed by atoms with Crippen LogP contribution in [0.25, 0.3) is 0 Å². The third kappa shape index (κ3) is 2.82. The van der Waals surface area contributed by atoms with E-state index in [1.54, 1.807) is 13.0 Å². The van der Waals surface area contributed by atoms with E-state index in [2.05, 4.69) is 15.9 Å². The first-order valence-corrected chi connectivity index (χ1v) is 6.67. The van der Waals surface area contributed by atoms with E-state index in [1.807, 2.05) is 24.3 Å². The molecule has 0 radical (unpaired) electrons. The van der Waals surface area contributed by atoms with Gasteiger partial charge in [-0.15, -0.1) is 0 Å². The van der Waals surface area contributed by atoms with Crippen molar-refractivity contribution in [3.63, 3.8) is 0 Å². The highest BCUT2D eigenvalue weighted by Crippen LogP contribution is 2.37. The number of anilines is 1. The summed E-state index contributed by atoms with van der Waals surface area (Å²) in [6.45, 7) is 1.73. The molecule has 0 aliphatic carbocycles. The molecular weight excluding hydrogens is 301 g/mol. The number of hydrogen-bond donors (Lipinski definition) is 1. The summed E-state index contributed by atoms with van der Waals surface area (Å²) < 4.78 is 14.3. The number of rotatable bonds is 2. The van der Waals surface area contributed by atoms with Gasteiger partial charge in [0.1, 0.15) is 5.82 Å². The smallest absolute Gasteiger partial charge is 0.128 e. The van der Waals surface area contributed by atoms with Crippen molar-refractivity contribution in [2.75, 3.05) is 5.73 Å². The lowest BCUT2D eigenvalue weighted by Crippen LogP contribution is -1.92. The van der Waals surface area contributed by atoms with Gasteiger partial charge in [-0.2, -0.15) is 0 Å². The fourth-order valence-corrected chi connectivity index (χ4v) is 2.89. The second kappa shape index (κ2) is 5.10. The SMILES string of the molecule is Cc1cc(Sc2ccccc2Br)c(N)cc1F. The summed E-state index contributed by atoms with van der Waals surface area (Å²) in [5.41, 5.74) is 6.88. The van der Waals surface area contributed by atoms with Crippen LogP contribution in [0, 0.1) is 12.7 Å². The van der Waals surface area contributed by atoms with Crippen LogP contribution in [0.4, 0.5) is 10.1 Å². The van der Waals surface area contributed by atoms with E-state index >= 15 is 0 Å². The Balaban J connectivity index is 2.37. The molecular formula is C13H11BrFNS. The van der Waals surface area contributed by atoms with Crippen LogP contribution in [0.15, 0.2) is 50.7 Å². The molecule has 0 aromatic heterocycles. The molecule has 2 rings (SSSR count). The lowest BCUT2D eigenvalue weighted by atomic mass is 10.2. The number of aryl methyl sites for hydroxylation is 1. The Hall–Kier alpha value is -1.00. The quantitative estimate of drug-likeness (QED) is 0.818. The van der Waals surface area contributed by atoms with Crippen molar-refractivity contribution in [1.29, 1.82) is 0 Å². The van der Waals surface area contributed by atoms with Gasteiger partial charge in [0.15, 0.2) is 0 Å². The fourth-order valence-electron chi connectivity index (χ4n) is 1.40. The number of nitrogen functional groups attached to an aromatic ring is 1. The largest absolute Gasteiger partial charge is 0.398 e. The minimum Gasteiger partial charge on any atom is -0.398 e. The predicted molar refractivity (Wildman–Crippen MR) is 73.8 cm³/mol. The molecule has 0 saturated heterocycles. The molecule has 2 aromatic carbocycles. The van der Waals surface area contributed by atoms with Gasteiger partial charge in [0.05, 0.1) is 0 Å². The summed E-state index contributed by atoms with van der Waals surface area (Å²) in [7, 11) is 0. The van der Waals surface area contributed by atoms with Gasteiger partial charge >= 0.3 is 0 Å². The maximum atomic E-state index is 13.3. The van der Waals surface area contributed by atoms with Crippen molar-refractivity contribution in [2.24, 2.45) is 0 Å². The average molecular weight is 312 g/mol. The normalized spacial score (nSPS) is 10.5. The van der Waals surface area contributed by atoms with E-state index in [1.165, 1.54) is 17.8 Å². The topological polar surface area (TPSA) is 26.0 Å². The van der Waals surface area contributed by atoms with Crippen LogP contribution < -0.4 is 5.73 Å². The number of halogens is 2. The Labute approximate surface area is 112 Å². The minimum atomic E-state index is -0.265. The number of benzene rings is 2. The highest BCUT2D eigenvalue weighted by atomic mass is 79.9. The molecule has 0 spiro atoms. The molecule has 4 heteroatoms. The summed E-state index contributed by atoms with van der Waals surface area (Å²) >= 11 is 5.00. The van der Waals surface area contributed by atoms with Crippen LogP contribution in [-0.2, 0) is 0 Å². The Morgan fingerprint density at radius 1 is 1.18 bits per heavy atom. The van der Waals surface area contributed by atoms with Crippen molar-refractivity contribution in [1.82, 2.24) is 0 Å². The summed E-state index contributed by atoms with van der Waals surface area (Å²) in [4.78, 5) is 1.93. The van der Waals surface area contributed by atoms with E-state index in [0.717, 1.165) is 14.3 Å². The van der Waals surface area contributed by atoms with Crippen molar-refractivity contribution in [3.05, 3.63) is 52.3 Å². The summed E-state index contributed by atoms with van der Waals surface area (Å²) in [5, 5.41) is 0. The van der Waals surface area contributed by atoms with Crippen LogP contribution >= 0.6 is 27.7 Å². The van der Waals surface area contributed by atoms with Crippen molar-refractivity contribution in [3.8, 4) is 0 Å². The Kier molecular flexibility index (Phi) is 3.74. The molecule has 17 heavy (non-hydrogen) atoms. The zero-order valence-electron chi connectivity index (χ0n) is 9.21. The maximum Gasteiger partial charge on any atom is 0.128 e. The van der Waals surface area contributed by atoms with E-state index in [9.17, 15) is 4.39 Å². The molecule has 0 amide bonds. The van der Waals surface area contributed by atoms with Crippen molar-refractivity contribution >= 4 is 33.4 Å². The van der Waals surface area contributed by atoms with Gasteiger partial charge < -0.3 is 5.73 Å². The van der Waals surface area contributed by atoms with E-state index < -0.39 is 0 Å². The van der Waals surface area contributed by atoms with Gasteiger partial charge in [-0.1, -0.05) is 23.9 Å². The molecule has 0 unspecified atom stereocenters. The average Bonchev–Trinajstić information content (AvgIpc) is 2.29. The van der Waals surface area contributed by atoms with Gasteiger partial charge in [0.25, 0.3) is 0 Å². The first-order chi connectivity index (χ1) is 8.08.